The van der Waals surface area contributed by atoms with Crippen LogP contribution in [-0.4, -0.2) is 30.9 Å². The van der Waals surface area contributed by atoms with Gasteiger partial charge < -0.3 is 24.1 Å². The molecule has 0 fully saturated rings. The number of anilines is 2. The van der Waals surface area contributed by atoms with Crippen molar-refractivity contribution in [1.82, 2.24) is 4.57 Å². The minimum atomic E-state index is -0.273. The number of hydrogen-bond donors (Lipinski definition) is 1. The number of aryl methyl sites for hydroxylation is 1. The van der Waals surface area contributed by atoms with Crippen molar-refractivity contribution in [1.29, 1.82) is 0 Å². The molecule has 2 aliphatic carbocycles. The second kappa shape index (κ2) is 8.76. The SMILES string of the molecule is CCOC1=CCC2=c3c(Nc4cccc(OCC)c4)cn(C)c3=CC2=C1CC(=O)OC. The van der Waals surface area contributed by atoms with Gasteiger partial charge in [0.15, 0.2) is 0 Å². The fourth-order valence-electron chi connectivity index (χ4n) is 4.20. The van der Waals surface area contributed by atoms with Gasteiger partial charge in [-0.25, -0.2) is 0 Å². The van der Waals surface area contributed by atoms with E-state index in [-0.39, 0.29) is 12.4 Å². The first-order valence-corrected chi connectivity index (χ1v) is 10.6. The van der Waals surface area contributed by atoms with Crippen LogP contribution in [0.4, 0.5) is 11.4 Å². The standard InChI is InChI=1S/C25H28N2O4/c1-5-30-17-9-7-8-16(12-17)26-21-15-27(3)22-13-19-18(25(21)22)10-11-23(31-6-2)20(19)14-24(28)29-4/h7-9,11-13,15,26H,5-6,10,14H2,1-4H3. The maximum Gasteiger partial charge on any atom is 0.310 e. The number of ether oxygens (including phenoxy) is 3. The number of hydrogen-bond acceptors (Lipinski definition) is 5. The topological polar surface area (TPSA) is 61.7 Å². The lowest BCUT2D eigenvalue weighted by atomic mass is 9.90. The average Bonchev–Trinajstić information content (AvgIpc) is 3.28. The molecule has 0 bridgehead atoms. The third kappa shape index (κ3) is 3.98. The Kier molecular flexibility index (Phi) is 5.89. The van der Waals surface area contributed by atoms with E-state index in [1.165, 1.54) is 12.7 Å². The Morgan fingerprint density at radius 2 is 2.00 bits per heavy atom. The largest absolute Gasteiger partial charge is 0.494 e. The van der Waals surface area contributed by atoms with Crippen LogP contribution in [-0.2, 0) is 21.3 Å². The zero-order valence-electron chi connectivity index (χ0n) is 18.5. The molecular formula is C25H28N2O4. The number of allylic oxidation sites excluding steroid dienone is 3. The van der Waals surface area contributed by atoms with Crippen molar-refractivity contribution in [2.45, 2.75) is 26.7 Å². The van der Waals surface area contributed by atoms with E-state index in [9.17, 15) is 4.79 Å². The molecule has 0 atom stereocenters. The maximum absolute atomic E-state index is 12.1. The van der Waals surface area contributed by atoms with Gasteiger partial charge in [0.1, 0.15) is 11.5 Å². The number of aromatic nitrogens is 1. The normalized spacial score (nSPS) is 14.5. The molecule has 2 aliphatic rings. The Labute approximate surface area is 182 Å². The molecular weight excluding hydrogens is 392 g/mol. The van der Waals surface area contributed by atoms with Crippen molar-refractivity contribution in [2.75, 3.05) is 25.6 Å². The van der Waals surface area contributed by atoms with E-state index in [1.54, 1.807) is 0 Å². The molecule has 0 saturated carbocycles. The summed E-state index contributed by atoms with van der Waals surface area (Å²) in [5.41, 5.74) is 5.13. The molecule has 0 amide bonds. The van der Waals surface area contributed by atoms with Crippen molar-refractivity contribution in [3.8, 4) is 5.75 Å². The van der Waals surface area contributed by atoms with Crippen molar-refractivity contribution < 1.29 is 19.0 Å². The van der Waals surface area contributed by atoms with E-state index in [0.717, 1.165) is 51.0 Å². The van der Waals surface area contributed by atoms with Crippen LogP contribution >= 0.6 is 0 Å². The quantitative estimate of drug-likeness (QED) is 0.664. The van der Waals surface area contributed by atoms with E-state index < -0.39 is 0 Å². The van der Waals surface area contributed by atoms with E-state index in [0.29, 0.717) is 13.2 Å². The van der Waals surface area contributed by atoms with Gasteiger partial charge in [0, 0.05) is 35.8 Å². The molecule has 0 spiro atoms. The summed E-state index contributed by atoms with van der Waals surface area (Å²) in [6, 6.07) is 7.96. The lowest BCUT2D eigenvalue weighted by Crippen LogP contribution is -2.26. The third-order valence-corrected chi connectivity index (χ3v) is 5.52. The zero-order valence-corrected chi connectivity index (χ0v) is 18.5. The number of fused-ring (bicyclic) bond motifs is 2. The number of methoxy groups -OCH3 is 1. The Morgan fingerprint density at radius 1 is 1.19 bits per heavy atom. The van der Waals surface area contributed by atoms with Gasteiger partial charge in [-0.15, -0.1) is 0 Å². The lowest BCUT2D eigenvalue weighted by molar-refractivity contribution is -0.139. The fraction of sp³-hybridized carbons (Fsp3) is 0.320. The summed E-state index contributed by atoms with van der Waals surface area (Å²) in [5, 5.41) is 5.83. The third-order valence-electron chi connectivity index (χ3n) is 5.52. The van der Waals surface area contributed by atoms with Crippen LogP contribution in [0.5, 0.6) is 5.75 Å². The maximum atomic E-state index is 12.1. The highest BCUT2D eigenvalue weighted by molar-refractivity contribution is 5.90. The second-order valence-corrected chi connectivity index (χ2v) is 7.47. The highest BCUT2D eigenvalue weighted by Crippen LogP contribution is 2.36. The number of nitrogens with one attached hydrogen (secondary N) is 1. The summed E-state index contributed by atoms with van der Waals surface area (Å²) in [6.45, 7) is 5.10. The Balaban J connectivity index is 1.79. The summed E-state index contributed by atoms with van der Waals surface area (Å²) in [4.78, 5) is 12.1. The minimum Gasteiger partial charge on any atom is -0.494 e. The van der Waals surface area contributed by atoms with Gasteiger partial charge in [-0.2, -0.15) is 0 Å². The van der Waals surface area contributed by atoms with Crippen LogP contribution < -0.4 is 20.6 Å². The van der Waals surface area contributed by atoms with Crippen LogP contribution in [0.2, 0.25) is 0 Å². The molecule has 1 heterocycles. The summed E-state index contributed by atoms with van der Waals surface area (Å²) in [6.07, 6.45) is 7.24. The molecule has 0 aliphatic heterocycles. The van der Waals surface area contributed by atoms with Gasteiger partial charge in [0.2, 0.25) is 0 Å². The van der Waals surface area contributed by atoms with Crippen molar-refractivity contribution >= 4 is 29.0 Å². The second-order valence-electron chi connectivity index (χ2n) is 7.47. The van der Waals surface area contributed by atoms with E-state index in [2.05, 4.69) is 28.2 Å². The van der Waals surface area contributed by atoms with Crippen molar-refractivity contribution in [2.24, 2.45) is 7.05 Å². The first kappa shape index (κ1) is 20.8. The molecule has 6 nitrogen and oxygen atoms in total. The van der Waals surface area contributed by atoms with Gasteiger partial charge in [-0.1, -0.05) is 6.07 Å². The highest BCUT2D eigenvalue weighted by atomic mass is 16.5. The van der Waals surface area contributed by atoms with Crippen molar-refractivity contribution in [3.05, 3.63) is 64.0 Å². The average molecular weight is 421 g/mol. The number of benzene rings is 1. The number of rotatable bonds is 8. The molecule has 0 radical (unpaired) electrons. The van der Waals surface area contributed by atoms with Crippen LogP contribution in [0, 0.1) is 0 Å². The lowest BCUT2D eigenvalue weighted by Gasteiger charge is -2.21. The Hall–Kier alpha value is -3.41. The predicted octanol–water partition coefficient (Wildman–Crippen LogP) is 3.30. The molecule has 31 heavy (non-hydrogen) atoms. The molecule has 162 valence electrons. The number of carbonyl (C=O) groups is 1. The van der Waals surface area contributed by atoms with Gasteiger partial charge in [-0.3, -0.25) is 4.79 Å². The fourth-order valence-corrected chi connectivity index (χ4v) is 4.20. The molecule has 0 saturated heterocycles. The molecule has 1 N–H and O–H groups in total. The molecule has 2 aromatic rings. The van der Waals surface area contributed by atoms with E-state index in [1.807, 2.05) is 45.2 Å². The molecule has 4 rings (SSSR count). The highest BCUT2D eigenvalue weighted by Gasteiger charge is 2.27. The van der Waals surface area contributed by atoms with Gasteiger partial charge in [0.25, 0.3) is 0 Å². The van der Waals surface area contributed by atoms with Crippen LogP contribution in [0.1, 0.15) is 26.7 Å². The molecule has 0 unspecified atom stereocenters. The van der Waals surface area contributed by atoms with Crippen molar-refractivity contribution in [3.63, 3.8) is 0 Å². The first-order valence-electron chi connectivity index (χ1n) is 10.6. The number of carbonyl (C=O) groups excluding carboxylic acids is 1. The van der Waals surface area contributed by atoms with Crippen LogP contribution in [0.3, 0.4) is 0 Å². The number of nitrogens with zero attached hydrogens (tertiary/aromatic N) is 1. The van der Waals surface area contributed by atoms with Crippen LogP contribution in [0.25, 0.3) is 11.6 Å². The number of esters is 1. The minimum absolute atomic E-state index is 0.185. The Morgan fingerprint density at radius 3 is 2.74 bits per heavy atom. The monoisotopic (exact) mass is 420 g/mol. The van der Waals surface area contributed by atoms with Crippen LogP contribution in [0.15, 0.2) is 53.4 Å². The smallest absolute Gasteiger partial charge is 0.310 e. The molecule has 1 aromatic carbocycles. The zero-order chi connectivity index (χ0) is 22.0. The predicted molar refractivity (Wildman–Crippen MR) is 121 cm³/mol. The summed E-state index contributed by atoms with van der Waals surface area (Å²) in [5.74, 6) is 1.33. The van der Waals surface area contributed by atoms with E-state index >= 15 is 0 Å². The van der Waals surface area contributed by atoms with E-state index in [4.69, 9.17) is 14.2 Å². The summed E-state index contributed by atoms with van der Waals surface area (Å²) in [7, 11) is 3.45. The Bertz CT molecular complexity index is 1200. The van der Waals surface area contributed by atoms with Gasteiger partial charge in [-0.05, 0) is 55.7 Å². The first-order chi connectivity index (χ1) is 15.0. The van der Waals surface area contributed by atoms with Gasteiger partial charge >= 0.3 is 5.97 Å². The molecule has 6 heteroatoms. The summed E-state index contributed by atoms with van der Waals surface area (Å²) < 4.78 is 18.5. The molecule has 1 aromatic heterocycles. The summed E-state index contributed by atoms with van der Waals surface area (Å²) >= 11 is 0. The van der Waals surface area contributed by atoms with Gasteiger partial charge in [0.05, 0.1) is 37.8 Å².